The minimum Gasteiger partial charge on any atom is -0.348 e. The molecule has 0 aliphatic heterocycles. The number of amides is 1. The molecule has 0 atom stereocenters. The largest absolute Gasteiger partial charge is 0.348 e. The summed E-state index contributed by atoms with van der Waals surface area (Å²) in [6.45, 7) is 0.365. The Morgan fingerprint density at radius 1 is 1.10 bits per heavy atom. The number of carbonyl (C=O) groups excluding carboxylic acids is 1. The fourth-order valence-corrected chi connectivity index (χ4v) is 2.10. The summed E-state index contributed by atoms with van der Waals surface area (Å²) < 4.78 is 12.8. The molecule has 1 heterocycles. The van der Waals surface area contributed by atoms with Crippen LogP contribution >= 0.6 is 0 Å². The SMILES string of the molecule is O=C(NCc1ccc(F)cc1)c1ccc2ncccc2c1. The first-order valence-corrected chi connectivity index (χ1v) is 6.60. The van der Waals surface area contributed by atoms with Gasteiger partial charge in [0.1, 0.15) is 5.82 Å². The predicted molar refractivity (Wildman–Crippen MR) is 79.3 cm³/mol. The van der Waals surface area contributed by atoms with Crippen LogP contribution in [0.25, 0.3) is 10.9 Å². The number of hydrogen-bond donors (Lipinski definition) is 1. The van der Waals surface area contributed by atoms with E-state index in [1.807, 2.05) is 24.3 Å². The molecule has 0 aliphatic carbocycles. The molecule has 0 unspecified atom stereocenters. The van der Waals surface area contributed by atoms with E-state index in [-0.39, 0.29) is 11.7 Å². The molecule has 3 nitrogen and oxygen atoms in total. The first kappa shape index (κ1) is 13.2. The second-order valence-electron chi connectivity index (χ2n) is 4.72. The Kier molecular flexibility index (Phi) is 3.60. The number of aromatic nitrogens is 1. The van der Waals surface area contributed by atoms with E-state index in [0.29, 0.717) is 12.1 Å². The van der Waals surface area contributed by atoms with Crippen molar-refractivity contribution in [3.63, 3.8) is 0 Å². The summed E-state index contributed by atoms with van der Waals surface area (Å²) in [7, 11) is 0. The molecule has 0 spiro atoms. The van der Waals surface area contributed by atoms with Crippen LogP contribution in [-0.2, 0) is 6.54 Å². The van der Waals surface area contributed by atoms with Crippen LogP contribution in [0.15, 0.2) is 60.8 Å². The Balaban J connectivity index is 1.73. The topological polar surface area (TPSA) is 42.0 Å². The van der Waals surface area contributed by atoms with E-state index in [1.54, 1.807) is 24.4 Å². The first-order valence-electron chi connectivity index (χ1n) is 6.60. The van der Waals surface area contributed by atoms with E-state index in [4.69, 9.17) is 0 Å². The highest BCUT2D eigenvalue weighted by molar-refractivity contribution is 5.97. The zero-order valence-electron chi connectivity index (χ0n) is 11.2. The zero-order valence-corrected chi connectivity index (χ0v) is 11.2. The van der Waals surface area contributed by atoms with Crippen molar-refractivity contribution in [2.45, 2.75) is 6.54 Å². The summed E-state index contributed by atoms with van der Waals surface area (Å²) in [6.07, 6.45) is 1.72. The molecule has 1 amide bonds. The van der Waals surface area contributed by atoms with E-state index < -0.39 is 0 Å². The van der Waals surface area contributed by atoms with Crippen molar-refractivity contribution in [2.24, 2.45) is 0 Å². The van der Waals surface area contributed by atoms with Crippen molar-refractivity contribution in [3.8, 4) is 0 Å². The molecule has 0 fully saturated rings. The molecule has 0 radical (unpaired) electrons. The van der Waals surface area contributed by atoms with Gasteiger partial charge in [-0.2, -0.15) is 0 Å². The van der Waals surface area contributed by atoms with Crippen LogP contribution in [-0.4, -0.2) is 10.9 Å². The molecule has 104 valence electrons. The molecule has 0 aliphatic rings. The number of fused-ring (bicyclic) bond motifs is 1. The molecule has 0 bridgehead atoms. The number of nitrogens with zero attached hydrogens (tertiary/aromatic N) is 1. The van der Waals surface area contributed by atoms with Gasteiger partial charge in [0.15, 0.2) is 0 Å². The lowest BCUT2D eigenvalue weighted by molar-refractivity contribution is 0.0951. The van der Waals surface area contributed by atoms with Crippen molar-refractivity contribution in [2.75, 3.05) is 0 Å². The minimum absolute atomic E-state index is 0.162. The zero-order chi connectivity index (χ0) is 14.7. The lowest BCUT2D eigenvalue weighted by Crippen LogP contribution is -2.22. The van der Waals surface area contributed by atoms with Crippen molar-refractivity contribution in [3.05, 3.63) is 77.7 Å². The second-order valence-corrected chi connectivity index (χ2v) is 4.72. The Morgan fingerprint density at radius 3 is 2.71 bits per heavy atom. The molecular formula is C17H13FN2O. The summed E-state index contributed by atoms with van der Waals surface area (Å²) in [5.74, 6) is -0.447. The quantitative estimate of drug-likeness (QED) is 0.799. The highest BCUT2D eigenvalue weighted by Crippen LogP contribution is 2.13. The van der Waals surface area contributed by atoms with Crippen LogP contribution in [0.5, 0.6) is 0 Å². The Labute approximate surface area is 121 Å². The molecule has 4 heteroatoms. The summed E-state index contributed by atoms with van der Waals surface area (Å²) in [5, 5.41) is 3.74. The van der Waals surface area contributed by atoms with Crippen molar-refractivity contribution >= 4 is 16.8 Å². The van der Waals surface area contributed by atoms with Crippen LogP contribution in [0.4, 0.5) is 4.39 Å². The van der Waals surface area contributed by atoms with Crippen LogP contribution in [0.1, 0.15) is 15.9 Å². The third-order valence-electron chi connectivity index (χ3n) is 3.23. The van der Waals surface area contributed by atoms with E-state index in [9.17, 15) is 9.18 Å². The molecule has 21 heavy (non-hydrogen) atoms. The molecule has 2 aromatic carbocycles. The third kappa shape index (κ3) is 3.05. The lowest BCUT2D eigenvalue weighted by Gasteiger charge is -2.06. The second kappa shape index (κ2) is 5.71. The van der Waals surface area contributed by atoms with Crippen molar-refractivity contribution in [1.82, 2.24) is 10.3 Å². The van der Waals surface area contributed by atoms with E-state index in [2.05, 4.69) is 10.3 Å². The molecular weight excluding hydrogens is 267 g/mol. The van der Waals surface area contributed by atoms with E-state index >= 15 is 0 Å². The molecule has 1 aromatic heterocycles. The lowest BCUT2D eigenvalue weighted by atomic mass is 10.1. The number of halogens is 1. The Hall–Kier alpha value is -2.75. The van der Waals surface area contributed by atoms with Gasteiger partial charge in [-0.1, -0.05) is 18.2 Å². The molecule has 3 aromatic rings. The molecule has 1 N–H and O–H groups in total. The summed E-state index contributed by atoms with van der Waals surface area (Å²) in [6, 6.07) is 15.2. The fraction of sp³-hybridized carbons (Fsp3) is 0.0588. The van der Waals surface area contributed by atoms with Gasteiger partial charge in [0.2, 0.25) is 0 Å². The number of nitrogens with one attached hydrogen (secondary N) is 1. The number of hydrogen-bond acceptors (Lipinski definition) is 2. The standard InChI is InChI=1S/C17H13FN2O/c18-15-6-3-12(4-7-15)11-20-17(21)14-5-8-16-13(10-14)2-1-9-19-16/h1-10H,11H2,(H,20,21). The van der Waals surface area contributed by atoms with Crippen LogP contribution in [0, 0.1) is 5.82 Å². The molecule has 0 saturated carbocycles. The van der Waals surface area contributed by atoms with Crippen LogP contribution < -0.4 is 5.32 Å². The molecule has 3 rings (SSSR count). The van der Waals surface area contributed by atoms with Crippen LogP contribution in [0.3, 0.4) is 0 Å². The maximum absolute atomic E-state index is 12.8. The smallest absolute Gasteiger partial charge is 0.251 e. The maximum Gasteiger partial charge on any atom is 0.251 e. The van der Waals surface area contributed by atoms with E-state index in [1.165, 1.54) is 12.1 Å². The summed E-state index contributed by atoms with van der Waals surface area (Å²) >= 11 is 0. The van der Waals surface area contributed by atoms with Crippen molar-refractivity contribution in [1.29, 1.82) is 0 Å². The first-order chi connectivity index (χ1) is 10.2. The van der Waals surface area contributed by atoms with Crippen LogP contribution in [0.2, 0.25) is 0 Å². The summed E-state index contributed by atoms with van der Waals surface area (Å²) in [5.41, 5.74) is 2.29. The highest BCUT2D eigenvalue weighted by atomic mass is 19.1. The third-order valence-corrected chi connectivity index (χ3v) is 3.23. The number of benzene rings is 2. The van der Waals surface area contributed by atoms with Gasteiger partial charge in [-0.05, 0) is 42.0 Å². The van der Waals surface area contributed by atoms with Crippen molar-refractivity contribution < 1.29 is 9.18 Å². The number of rotatable bonds is 3. The molecule has 0 saturated heterocycles. The van der Waals surface area contributed by atoms with Gasteiger partial charge in [0, 0.05) is 23.7 Å². The van der Waals surface area contributed by atoms with Gasteiger partial charge < -0.3 is 5.32 Å². The normalized spacial score (nSPS) is 10.5. The van der Waals surface area contributed by atoms with Gasteiger partial charge in [-0.3, -0.25) is 9.78 Å². The summed E-state index contributed by atoms with van der Waals surface area (Å²) in [4.78, 5) is 16.3. The Bertz CT molecular complexity index is 784. The average molecular weight is 280 g/mol. The van der Waals surface area contributed by atoms with Gasteiger partial charge in [0.05, 0.1) is 5.52 Å². The van der Waals surface area contributed by atoms with Gasteiger partial charge in [0.25, 0.3) is 5.91 Å². The average Bonchev–Trinajstić information content (AvgIpc) is 2.53. The maximum atomic E-state index is 12.8. The number of pyridine rings is 1. The predicted octanol–water partition coefficient (Wildman–Crippen LogP) is 3.30. The minimum atomic E-state index is -0.285. The van der Waals surface area contributed by atoms with Gasteiger partial charge in [-0.15, -0.1) is 0 Å². The monoisotopic (exact) mass is 280 g/mol. The number of carbonyl (C=O) groups is 1. The van der Waals surface area contributed by atoms with Gasteiger partial charge >= 0.3 is 0 Å². The van der Waals surface area contributed by atoms with E-state index in [0.717, 1.165) is 16.5 Å². The fourth-order valence-electron chi connectivity index (χ4n) is 2.10. The van der Waals surface area contributed by atoms with Gasteiger partial charge in [-0.25, -0.2) is 4.39 Å². The Morgan fingerprint density at radius 2 is 1.90 bits per heavy atom. The highest BCUT2D eigenvalue weighted by Gasteiger charge is 2.06.